The van der Waals surface area contributed by atoms with Crippen LogP contribution in [0.15, 0.2) is 48.8 Å². The van der Waals surface area contributed by atoms with Crippen molar-refractivity contribution in [3.05, 3.63) is 64.3 Å². The Bertz CT molecular complexity index is 1170. The fourth-order valence-electron chi connectivity index (χ4n) is 3.94. The fourth-order valence-corrected chi connectivity index (χ4v) is 5.33. The number of halogens is 1. The van der Waals surface area contributed by atoms with Gasteiger partial charge < -0.3 is 5.73 Å². The molecule has 7 heteroatoms. The van der Waals surface area contributed by atoms with Crippen LogP contribution < -0.4 is 5.73 Å². The zero-order valence-electron chi connectivity index (χ0n) is 16.0. The van der Waals surface area contributed by atoms with Crippen LogP contribution in [-0.2, 0) is 13.1 Å². The highest BCUT2D eigenvalue weighted by Gasteiger charge is 2.18. The number of fused-ring (bicyclic) bond motifs is 2. The molecule has 0 radical (unpaired) electrons. The standard InChI is InChI=1S/C22H22ClN5S/c23-17-3-2-16-10-18(29-21(16)11-17)13-28-7-5-27(6-8-28)12-15-1-4-19-20(9-15)25-14-26-22(19)24/h1-4,9-11,14H,5-8,12-13H2,(H2,24,25,26). The van der Waals surface area contributed by atoms with E-state index in [-0.39, 0.29) is 0 Å². The molecule has 5 nitrogen and oxygen atoms in total. The van der Waals surface area contributed by atoms with Gasteiger partial charge in [-0.25, -0.2) is 9.97 Å². The number of hydrogen-bond acceptors (Lipinski definition) is 6. The van der Waals surface area contributed by atoms with Gasteiger partial charge in [0.05, 0.1) is 5.52 Å². The van der Waals surface area contributed by atoms with Crippen molar-refractivity contribution in [2.75, 3.05) is 31.9 Å². The van der Waals surface area contributed by atoms with E-state index in [0.717, 1.165) is 55.2 Å². The number of thiophene rings is 1. The molecule has 2 aromatic carbocycles. The molecule has 1 saturated heterocycles. The summed E-state index contributed by atoms with van der Waals surface area (Å²) in [4.78, 5) is 14.9. The minimum Gasteiger partial charge on any atom is -0.383 e. The molecule has 5 rings (SSSR count). The number of benzene rings is 2. The number of anilines is 1. The number of aromatic nitrogens is 2. The number of piperazine rings is 1. The SMILES string of the molecule is Nc1ncnc2cc(CN3CCN(Cc4cc5ccc(Cl)cc5s4)CC3)ccc12. The van der Waals surface area contributed by atoms with Crippen LogP contribution in [-0.4, -0.2) is 45.9 Å². The van der Waals surface area contributed by atoms with E-state index < -0.39 is 0 Å². The summed E-state index contributed by atoms with van der Waals surface area (Å²) < 4.78 is 1.27. The third-order valence-corrected chi connectivity index (χ3v) is 6.83. The molecule has 0 atom stereocenters. The first-order valence-electron chi connectivity index (χ1n) is 9.76. The zero-order valence-corrected chi connectivity index (χ0v) is 17.6. The predicted molar refractivity (Wildman–Crippen MR) is 121 cm³/mol. The molecular weight excluding hydrogens is 402 g/mol. The van der Waals surface area contributed by atoms with E-state index >= 15 is 0 Å². The Labute approximate surface area is 178 Å². The first-order chi connectivity index (χ1) is 14.1. The summed E-state index contributed by atoms with van der Waals surface area (Å²) in [5, 5.41) is 3.02. The summed E-state index contributed by atoms with van der Waals surface area (Å²) in [6.07, 6.45) is 1.53. The molecule has 0 saturated carbocycles. The summed E-state index contributed by atoms with van der Waals surface area (Å²) in [5.41, 5.74) is 8.11. The van der Waals surface area contributed by atoms with E-state index in [1.165, 1.54) is 26.9 Å². The van der Waals surface area contributed by atoms with Gasteiger partial charge in [-0.05, 0) is 41.3 Å². The summed E-state index contributed by atoms with van der Waals surface area (Å²) in [7, 11) is 0. The van der Waals surface area contributed by atoms with E-state index in [2.05, 4.69) is 50.1 Å². The van der Waals surface area contributed by atoms with Gasteiger partial charge in [0.15, 0.2) is 0 Å². The molecule has 2 aromatic heterocycles. The van der Waals surface area contributed by atoms with Crippen LogP contribution in [0, 0.1) is 0 Å². The van der Waals surface area contributed by atoms with Crippen molar-refractivity contribution in [3.8, 4) is 0 Å². The molecule has 29 heavy (non-hydrogen) atoms. The molecule has 0 aliphatic carbocycles. The largest absolute Gasteiger partial charge is 0.383 e. The van der Waals surface area contributed by atoms with Gasteiger partial charge in [0, 0.05) is 59.3 Å². The minimum absolute atomic E-state index is 0.540. The van der Waals surface area contributed by atoms with Crippen molar-refractivity contribution in [3.63, 3.8) is 0 Å². The molecule has 0 spiro atoms. The van der Waals surface area contributed by atoms with Crippen molar-refractivity contribution in [2.24, 2.45) is 0 Å². The Morgan fingerprint density at radius 3 is 2.55 bits per heavy atom. The van der Waals surface area contributed by atoms with Crippen LogP contribution >= 0.6 is 22.9 Å². The average molecular weight is 424 g/mol. The highest BCUT2D eigenvalue weighted by molar-refractivity contribution is 7.19. The second-order valence-electron chi connectivity index (χ2n) is 7.56. The summed E-state index contributed by atoms with van der Waals surface area (Å²) in [5.74, 6) is 0.540. The van der Waals surface area contributed by atoms with Gasteiger partial charge in [-0.1, -0.05) is 23.7 Å². The van der Waals surface area contributed by atoms with Crippen LogP contribution in [0.1, 0.15) is 10.4 Å². The number of nitrogens with zero attached hydrogens (tertiary/aromatic N) is 4. The van der Waals surface area contributed by atoms with Gasteiger partial charge in [0.25, 0.3) is 0 Å². The molecular formula is C22H22ClN5S. The van der Waals surface area contributed by atoms with Crippen molar-refractivity contribution in [1.29, 1.82) is 0 Å². The Balaban J connectivity index is 1.20. The zero-order chi connectivity index (χ0) is 19.8. The molecule has 0 amide bonds. The van der Waals surface area contributed by atoms with Gasteiger partial charge in [0.2, 0.25) is 0 Å². The van der Waals surface area contributed by atoms with Gasteiger partial charge in [0.1, 0.15) is 12.1 Å². The minimum atomic E-state index is 0.540. The third-order valence-electron chi connectivity index (χ3n) is 5.52. The summed E-state index contributed by atoms with van der Waals surface area (Å²) >= 11 is 7.97. The van der Waals surface area contributed by atoms with E-state index in [1.54, 1.807) is 0 Å². The smallest absolute Gasteiger partial charge is 0.134 e. The van der Waals surface area contributed by atoms with Crippen molar-refractivity contribution in [1.82, 2.24) is 19.8 Å². The van der Waals surface area contributed by atoms with Crippen LogP contribution in [0.3, 0.4) is 0 Å². The maximum absolute atomic E-state index is 6.12. The Kier molecular flexibility index (Phi) is 5.09. The first kappa shape index (κ1) is 18.8. The van der Waals surface area contributed by atoms with Crippen LogP contribution in [0.25, 0.3) is 21.0 Å². The molecule has 0 unspecified atom stereocenters. The molecule has 2 N–H and O–H groups in total. The molecule has 0 bridgehead atoms. The summed E-state index contributed by atoms with van der Waals surface area (Å²) in [6, 6.07) is 14.7. The Hall–Kier alpha value is -2.25. The van der Waals surface area contributed by atoms with Crippen molar-refractivity contribution < 1.29 is 0 Å². The monoisotopic (exact) mass is 423 g/mol. The van der Waals surface area contributed by atoms with Gasteiger partial charge in [-0.15, -0.1) is 11.3 Å². The van der Waals surface area contributed by atoms with Gasteiger partial charge >= 0.3 is 0 Å². The van der Waals surface area contributed by atoms with E-state index in [9.17, 15) is 0 Å². The second kappa shape index (κ2) is 7.88. The summed E-state index contributed by atoms with van der Waals surface area (Å²) in [6.45, 7) is 6.25. The molecule has 1 aliphatic heterocycles. The normalized spacial score (nSPS) is 16.0. The predicted octanol–water partition coefficient (Wildman–Crippen LogP) is 4.40. The maximum atomic E-state index is 6.12. The number of nitrogens with two attached hydrogens (primary N) is 1. The van der Waals surface area contributed by atoms with E-state index in [4.69, 9.17) is 17.3 Å². The van der Waals surface area contributed by atoms with E-state index in [1.807, 2.05) is 23.5 Å². The number of nitrogen functional groups attached to an aromatic ring is 1. The van der Waals surface area contributed by atoms with Gasteiger partial charge in [-0.2, -0.15) is 0 Å². The van der Waals surface area contributed by atoms with Crippen LogP contribution in [0.5, 0.6) is 0 Å². The lowest BCUT2D eigenvalue weighted by atomic mass is 10.1. The van der Waals surface area contributed by atoms with Gasteiger partial charge in [-0.3, -0.25) is 9.80 Å². The molecule has 4 aromatic rings. The average Bonchev–Trinajstić information content (AvgIpc) is 3.11. The Morgan fingerprint density at radius 2 is 1.72 bits per heavy atom. The molecule has 1 aliphatic rings. The Morgan fingerprint density at radius 1 is 0.931 bits per heavy atom. The van der Waals surface area contributed by atoms with Crippen LogP contribution in [0.2, 0.25) is 5.02 Å². The maximum Gasteiger partial charge on any atom is 0.134 e. The molecule has 1 fully saturated rings. The lowest BCUT2D eigenvalue weighted by molar-refractivity contribution is 0.123. The third kappa shape index (κ3) is 4.07. The second-order valence-corrected chi connectivity index (χ2v) is 9.16. The molecule has 148 valence electrons. The topological polar surface area (TPSA) is 58.3 Å². The van der Waals surface area contributed by atoms with Crippen LogP contribution in [0.4, 0.5) is 5.82 Å². The lowest BCUT2D eigenvalue weighted by Crippen LogP contribution is -2.45. The fraction of sp³-hybridized carbons (Fsp3) is 0.273. The quantitative estimate of drug-likeness (QED) is 0.527. The lowest BCUT2D eigenvalue weighted by Gasteiger charge is -2.34. The van der Waals surface area contributed by atoms with Crippen molar-refractivity contribution >= 4 is 49.7 Å². The highest BCUT2D eigenvalue weighted by Crippen LogP contribution is 2.29. The van der Waals surface area contributed by atoms with Crippen molar-refractivity contribution in [2.45, 2.75) is 13.1 Å². The first-order valence-corrected chi connectivity index (χ1v) is 11.0. The number of hydrogen-bond donors (Lipinski definition) is 1. The molecule has 3 heterocycles. The number of rotatable bonds is 4. The van der Waals surface area contributed by atoms with E-state index in [0.29, 0.717) is 5.82 Å². The highest BCUT2D eigenvalue weighted by atomic mass is 35.5.